The van der Waals surface area contributed by atoms with Gasteiger partial charge in [0.05, 0.1) is 6.10 Å². The Morgan fingerprint density at radius 1 is 1.29 bits per heavy atom. The smallest absolute Gasteiger partial charge is 0.162 e. The van der Waals surface area contributed by atoms with E-state index in [0.29, 0.717) is 6.42 Å². The van der Waals surface area contributed by atoms with E-state index in [1.54, 1.807) is 0 Å². The molecule has 2 nitrogen and oxygen atoms in total. The summed E-state index contributed by atoms with van der Waals surface area (Å²) in [5, 5.41) is 0. The van der Waals surface area contributed by atoms with Gasteiger partial charge in [0.15, 0.2) is 5.78 Å². The van der Waals surface area contributed by atoms with Crippen molar-refractivity contribution in [1.29, 1.82) is 0 Å². The maximum absolute atomic E-state index is 11.7. The van der Waals surface area contributed by atoms with Crippen molar-refractivity contribution in [1.82, 2.24) is 0 Å². The van der Waals surface area contributed by atoms with E-state index in [1.807, 2.05) is 38.1 Å². The molecule has 0 aliphatic carbocycles. The molecule has 0 bridgehead atoms. The van der Waals surface area contributed by atoms with E-state index in [1.165, 1.54) is 0 Å². The summed E-state index contributed by atoms with van der Waals surface area (Å²) in [7, 11) is 0. The predicted molar refractivity (Wildman–Crippen MR) is 65.7 cm³/mol. The molecule has 1 rings (SSSR count). The van der Waals surface area contributed by atoms with Crippen molar-refractivity contribution in [3.05, 3.63) is 36.8 Å². The SMILES string of the molecule is [CH2-]CCCC(=O)c1ccc(OC(C)C)cc1.[W]. The van der Waals surface area contributed by atoms with Gasteiger partial charge in [-0.1, -0.05) is 6.42 Å². The summed E-state index contributed by atoms with van der Waals surface area (Å²) in [6.07, 6.45) is 2.39. The fourth-order valence-corrected chi connectivity index (χ4v) is 1.42. The minimum atomic E-state index is 0. The topological polar surface area (TPSA) is 26.3 Å². The minimum Gasteiger partial charge on any atom is -0.491 e. The maximum Gasteiger partial charge on any atom is 0.162 e. The van der Waals surface area contributed by atoms with Gasteiger partial charge in [0, 0.05) is 33.0 Å². The Bertz CT molecular complexity index is 331. The number of Topliss-reactive ketones (excluding diaryl/α,β-unsaturated/α-hetero) is 1. The molecule has 0 amide bonds. The number of ketones is 1. The van der Waals surface area contributed by atoms with Crippen LogP contribution in [-0.4, -0.2) is 11.9 Å². The number of hydrogen-bond acceptors (Lipinski definition) is 2. The van der Waals surface area contributed by atoms with Gasteiger partial charge in [0.1, 0.15) is 5.75 Å². The van der Waals surface area contributed by atoms with Gasteiger partial charge in [-0.15, -0.1) is 0 Å². The molecule has 1 aromatic rings. The number of hydrogen-bond donors (Lipinski definition) is 0. The van der Waals surface area contributed by atoms with Crippen LogP contribution in [0, 0.1) is 6.92 Å². The standard InChI is InChI=1S/C14H19O2.W/c1-4-5-6-14(15)12-7-9-13(10-8-12)16-11(2)3;/h7-11H,1,4-6H2,2-3H3;/q-1;. The normalized spacial score (nSPS) is 9.88. The molecular formula is C14H19O2W-. The van der Waals surface area contributed by atoms with Gasteiger partial charge in [-0.25, -0.2) is 0 Å². The van der Waals surface area contributed by atoms with Crippen molar-refractivity contribution < 1.29 is 30.6 Å². The molecule has 0 N–H and O–H groups in total. The third-order valence-electron chi connectivity index (χ3n) is 2.20. The van der Waals surface area contributed by atoms with E-state index in [4.69, 9.17) is 4.74 Å². The van der Waals surface area contributed by atoms with Crippen LogP contribution in [-0.2, 0) is 21.1 Å². The van der Waals surface area contributed by atoms with Gasteiger partial charge in [0.25, 0.3) is 0 Å². The summed E-state index contributed by atoms with van der Waals surface area (Å²) in [6, 6.07) is 7.33. The molecule has 0 atom stereocenters. The summed E-state index contributed by atoms with van der Waals surface area (Å²) in [5.74, 6) is 0.989. The molecule has 0 aliphatic heterocycles. The molecule has 0 fully saturated rings. The van der Waals surface area contributed by atoms with E-state index < -0.39 is 0 Å². The third kappa shape index (κ3) is 6.02. The van der Waals surface area contributed by atoms with Crippen LogP contribution in [0.2, 0.25) is 0 Å². The van der Waals surface area contributed by atoms with Crippen LogP contribution in [0.15, 0.2) is 24.3 Å². The summed E-state index contributed by atoms with van der Waals surface area (Å²) in [6.45, 7) is 7.68. The van der Waals surface area contributed by atoms with E-state index in [0.717, 1.165) is 24.2 Å². The van der Waals surface area contributed by atoms with Crippen molar-refractivity contribution in [3.63, 3.8) is 0 Å². The van der Waals surface area contributed by atoms with Crippen LogP contribution in [0.5, 0.6) is 5.75 Å². The van der Waals surface area contributed by atoms with Gasteiger partial charge in [-0.05, 0) is 38.1 Å². The summed E-state index contributed by atoms with van der Waals surface area (Å²) in [4.78, 5) is 11.7. The third-order valence-corrected chi connectivity index (χ3v) is 2.20. The zero-order chi connectivity index (χ0) is 12.0. The zero-order valence-electron chi connectivity index (χ0n) is 10.4. The number of unbranched alkanes of at least 4 members (excludes halogenated alkanes) is 1. The molecule has 0 aliphatic rings. The van der Waals surface area contributed by atoms with Crippen LogP contribution in [0.4, 0.5) is 0 Å². The Labute approximate surface area is 118 Å². The Morgan fingerprint density at radius 3 is 2.35 bits per heavy atom. The summed E-state index contributed by atoms with van der Waals surface area (Å²) < 4.78 is 5.51. The average molecular weight is 403 g/mol. The molecule has 0 spiro atoms. The van der Waals surface area contributed by atoms with E-state index in [2.05, 4.69) is 6.92 Å². The second kappa shape index (κ2) is 8.47. The second-order valence-electron chi connectivity index (χ2n) is 4.07. The van der Waals surface area contributed by atoms with Gasteiger partial charge in [-0.3, -0.25) is 4.79 Å². The van der Waals surface area contributed by atoms with Crippen molar-refractivity contribution in [2.24, 2.45) is 0 Å². The van der Waals surface area contributed by atoms with Crippen molar-refractivity contribution >= 4 is 5.78 Å². The molecule has 0 saturated carbocycles. The van der Waals surface area contributed by atoms with Crippen LogP contribution in [0.1, 0.15) is 43.5 Å². The minimum absolute atomic E-state index is 0. The quantitative estimate of drug-likeness (QED) is 0.536. The Hall–Kier alpha value is -0.622. The summed E-state index contributed by atoms with van der Waals surface area (Å²) in [5.41, 5.74) is 0.754. The summed E-state index contributed by atoms with van der Waals surface area (Å²) >= 11 is 0. The number of ether oxygens (including phenoxy) is 1. The van der Waals surface area contributed by atoms with Crippen LogP contribution in [0.3, 0.4) is 0 Å². The number of carbonyl (C=O) groups excluding carboxylic acids is 1. The number of carbonyl (C=O) groups is 1. The molecular weight excluding hydrogens is 384 g/mol. The Morgan fingerprint density at radius 2 is 1.88 bits per heavy atom. The number of rotatable bonds is 6. The first-order valence-corrected chi connectivity index (χ1v) is 5.72. The van der Waals surface area contributed by atoms with Gasteiger partial charge in [-0.2, -0.15) is 6.42 Å². The first-order valence-electron chi connectivity index (χ1n) is 5.72. The Balaban J connectivity index is 0.00000256. The molecule has 0 radical (unpaired) electrons. The predicted octanol–water partition coefficient (Wildman–Crippen LogP) is 3.66. The van der Waals surface area contributed by atoms with E-state index in [9.17, 15) is 4.79 Å². The molecule has 0 heterocycles. The molecule has 1 aromatic carbocycles. The molecule has 94 valence electrons. The van der Waals surface area contributed by atoms with Crippen LogP contribution >= 0.6 is 0 Å². The van der Waals surface area contributed by atoms with Gasteiger partial charge in [0.2, 0.25) is 0 Å². The molecule has 0 unspecified atom stereocenters. The molecule has 17 heavy (non-hydrogen) atoms. The Kier molecular flexibility index (Phi) is 8.16. The monoisotopic (exact) mass is 403 g/mol. The van der Waals surface area contributed by atoms with Gasteiger partial charge < -0.3 is 11.7 Å². The van der Waals surface area contributed by atoms with E-state index >= 15 is 0 Å². The first kappa shape index (κ1) is 16.4. The average Bonchev–Trinajstić information content (AvgIpc) is 2.26. The van der Waals surface area contributed by atoms with Crippen molar-refractivity contribution in [2.75, 3.05) is 0 Å². The fraction of sp³-hybridized carbons (Fsp3) is 0.429. The molecule has 0 aromatic heterocycles. The zero-order valence-corrected chi connectivity index (χ0v) is 13.4. The van der Waals surface area contributed by atoms with Crippen LogP contribution in [0.25, 0.3) is 0 Å². The molecule has 3 heteroatoms. The van der Waals surface area contributed by atoms with Crippen molar-refractivity contribution in [2.45, 2.75) is 39.2 Å². The van der Waals surface area contributed by atoms with Gasteiger partial charge >= 0.3 is 0 Å². The maximum atomic E-state index is 11.7. The fourth-order valence-electron chi connectivity index (χ4n) is 1.42. The van der Waals surface area contributed by atoms with E-state index in [-0.39, 0.29) is 33.0 Å². The van der Waals surface area contributed by atoms with Crippen molar-refractivity contribution in [3.8, 4) is 5.75 Å². The van der Waals surface area contributed by atoms with Crippen LogP contribution < -0.4 is 4.74 Å². The first-order chi connectivity index (χ1) is 7.63. The molecule has 0 saturated heterocycles. The second-order valence-corrected chi connectivity index (χ2v) is 4.07. The largest absolute Gasteiger partial charge is 0.491 e. The number of benzene rings is 1.